The molecule has 2 aromatic rings. The molecule has 0 spiro atoms. The maximum absolute atomic E-state index is 13.2. The molecular weight excluding hydrogens is 331 g/mol. The van der Waals surface area contributed by atoms with Gasteiger partial charge in [-0.15, -0.1) is 0 Å². The lowest BCUT2D eigenvalue weighted by Gasteiger charge is -2.17. The van der Waals surface area contributed by atoms with Crippen molar-refractivity contribution in [3.05, 3.63) is 71.0 Å². The van der Waals surface area contributed by atoms with E-state index in [1.165, 1.54) is 12.1 Å². The van der Waals surface area contributed by atoms with E-state index in [-0.39, 0.29) is 11.7 Å². The van der Waals surface area contributed by atoms with Crippen LogP contribution in [0.1, 0.15) is 34.3 Å². The summed E-state index contributed by atoms with van der Waals surface area (Å²) < 4.78 is 13.2. The van der Waals surface area contributed by atoms with Gasteiger partial charge in [0.2, 0.25) is 11.8 Å². The van der Waals surface area contributed by atoms with Crippen LogP contribution in [0.4, 0.5) is 4.39 Å². The molecule has 26 heavy (non-hydrogen) atoms. The molecule has 3 rings (SSSR count). The standard InChI is InChI=1S/C21H23FN2O2/c22-19-6-2-3-15(13-19)7-8-20(25)24-10-9-17(14-24)11-16-4-1-5-18(12-16)21(23)26/h1-6,12-13,17H,7-11,14H2,(H2,23,26)/t17-/m1/s1. The van der Waals surface area contributed by atoms with Gasteiger partial charge < -0.3 is 10.6 Å². The Bertz CT molecular complexity index is 806. The van der Waals surface area contributed by atoms with Crippen LogP contribution in [0.15, 0.2) is 48.5 Å². The Morgan fingerprint density at radius 1 is 1.12 bits per heavy atom. The van der Waals surface area contributed by atoms with Crippen molar-refractivity contribution in [2.75, 3.05) is 13.1 Å². The number of nitrogens with two attached hydrogens (primary N) is 1. The van der Waals surface area contributed by atoms with E-state index >= 15 is 0 Å². The second-order valence-electron chi connectivity index (χ2n) is 6.89. The number of likely N-dealkylation sites (tertiary alicyclic amines) is 1. The van der Waals surface area contributed by atoms with Gasteiger partial charge in [0, 0.05) is 25.1 Å². The average Bonchev–Trinajstić information content (AvgIpc) is 3.08. The zero-order valence-electron chi connectivity index (χ0n) is 14.7. The van der Waals surface area contributed by atoms with Crippen LogP contribution in [0.2, 0.25) is 0 Å². The predicted molar refractivity (Wildman–Crippen MR) is 98.1 cm³/mol. The van der Waals surface area contributed by atoms with Crippen molar-refractivity contribution in [3.63, 3.8) is 0 Å². The molecule has 0 aromatic heterocycles. The van der Waals surface area contributed by atoms with Crippen molar-refractivity contribution in [3.8, 4) is 0 Å². The summed E-state index contributed by atoms with van der Waals surface area (Å²) >= 11 is 0. The van der Waals surface area contributed by atoms with E-state index in [0.29, 0.717) is 24.3 Å². The van der Waals surface area contributed by atoms with E-state index in [0.717, 1.165) is 37.1 Å². The Labute approximate surface area is 152 Å². The minimum absolute atomic E-state index is 0.114. The van der Waals surface area contributed by atoms with Gasteiger partial charge in [0.1, 0.15) is 5.82 Å². The van der Waals surface area contributed by atoms with E-state index in [4.69, 9.17) is 5.73 Å². The normalized spacial score (nSPS) is 16.7. The summed E-state index contributed by atoms with van der Waals surface area (Å²) in [5.74, 6) is -0.194. The SMILES string of the molecule is NC(=O)c1cccc(C[C@H]2CCN(C(=O)CCc3cccc(F)c3)C2)c1. The van der Waals surface area contributed by atoms with Gasteiger partial charge in [0.25, 0.3) is 0 Å². The molecule has 1 aliphatic heterocycles. The average molecular weight is 354 g/mol. The van der Waals surface area contributed by atoms with Crippen LogP contribution in [0.25, 0.3) is 0 Å². The first-order valence-corrected chi connectivity index (χ1v) is 8.92. The summed E-state index contributed by atoms with van der Waals surface area (Å²) in [6.45, 7) is 1.48. The van der Waals surface area contributed by atoms with Crippen LogP contribution >= 0.6 is 0 Å². The smallest absolute Gasteiger partial charge is 0.248 e. The third kappa shape index (κ3) is 4.69. The van der Waals surface area contributed by atoms with E-state index in [2.05, 4.69) is 0 Å². The molecule has 0 unspecified atom stereocenters. The second kappa shape index (κ2) is 8.13. The highest BCUT2D eigenvalue weighted by molar-refractivity contribution is 5.92. The molecule has 2 aromatic carbocycles. The molecule has 2 N–H and O–H groups in total. The first-order valence-electron chi connectivity index (χ1n) is 8.92. The molecule has 1 aliphatic rings. The molecule has 136 valence electrons. The Balaban J connectivity index is 1.51. The molecule has 1 heterocycles. The van der Waals surface area contributed by atoms with Gasteiger partial charge in [-0.25, -0.2) is 4.39 Å². The van der Waals surface area contributed by atoms with Crippen molar-refractivity contribution in [2.45, 2.75) is 25.7 Å². The molecule has 0 saturated carbocycles. The largest absolute Gasteiger partial charge is 0.366 e. The summed E-state index contributed by atoms with van der Waals surface area (Å²) in [4.78, 5) is 25.6. The highest BCUT2D eigenvalue weighted by Gasteiger charge is 2.26. The van der Waals surface area contributed by atoms with Gasteiger partial charge in [-0.3, -0.25) is 9.59 Å². The third-order valence-electron chi connectivity index (χ3n) is 4.89. The number of carbonyl (C=O) groups excluding carboxylic acids is 2. The summed E-state index contributed by atoms with van der Waals surface area (Å²) in [5.41, 5.74) is 7.76. The lowest BCUT2D eigenvalue weighted by atomic mass is 9.97. The summed E-state index contributed by atoms with van der Waals surface area (Å²) in [7, 11) is 0. The van der Waals surface area contributed by atoms with Crippen LogP contribution in [0.5, 0.6) is 0 Å². The van der Waals surface area contributed by atoms with Crippen LogP contribution in [0, 0.1) is 11.7 Å². The summed E-state index contributed by atoms with van der Waals surface area (Å²) in [6, 6.07) is 13.8. The monoisotopic (exact) mass is 354 g/mol. The molecule has 0 aliphatic carbocycles. The zero-order chi connectivity index (χ0) is 18.5. The van der Waals surface area contributed by atoms with Crippen molar-refractivity contribution >= 4 is 11.8 Å². The summed E-state index contributed by atoms with van der Waals surface area (Å²) in [6.07, 6.45) is 2.73. The fourth-order valence-corrected chi connectivity index (χ4v) is 3.51. The first kappa shape index (κ1) is 18.1. The lowest BCUT2D eigenvalue weighted by Crippen LogP contribution is -2.29. The molecule has 2 amide bonds. The topological polar surface area (TPSA) is 63.4 Å². The quantitative estimate of drug-likeness (QED) is 0.867. The number of aryl methyl sites for hydroxylation is 1. The van der Waals surface area contributed by atoms with Crippen molar-refractivity contribution in [1.29, 1.82) is 0 Å². The Kier molecular flexibility index (Phi) is 5.66. The van der Waals surface area contributed by atoms with Gasteiger partial charge in [0.15, 0.2) is 0 Å². The molecule has 5 heteroatoms. The van der Waals surface area contributed by atoms with Gasteiger partial charge in [-0.1, -0.05) is 24.3 Å². The van der Waals surface area contributed by atoms with Crippen LogP contribution < -0.4 is 5.73 Å². The number of nitrogens with zero attached hydrogens (tertiary/aromatic N) is 1. The number of hydrogen-bond acceptors (Lipinski definition) is 2. The minimum atomic E-state index is -0.424. The van der Waals surface area contributed by atoms with Crippen molar-refractivity contribution < 1.29 is 14.0 Å². The van der Waals surface area contributed by atoms with Crippen LogP contribution in [0.3, 0.4) is 0 Å². The molecule has 4 nitrogen and oxygen atoms in total. The number of hydrogen-bond donors (Lipinski definition) is 1. The number of carbonyl (C=O) groups is 2. The van der Waals surface area contributed by atoms with E-state index in [1.807, 2.05) is 29.2 Å². The maximum atomic E-state index is 13.2. The van der Waals surface area contributed by atoms with Crippen molar-refractivity contribution in [2.24, 2.45) is 11.7 Å². The van der Waals surface area contributed by atoms with Crippen molar-refractivity contribution in [1.82, 2.24) is 4.90 Å². The minimum Gasteiger partial charge on any atom is -0.366 e. The molecule has 0 bridgehead atoms. The van der Waals surface area contributed by atoms with Gasteiger partial charge in [-0.2, -0.15) is 0 Å². The predicted octanol–water partition coefficient (Wildman–Crippen LogP) is 2.95. The number of amides is 2. The molecule has 1 saturated heterocycles. The Hall–Kier alpha value is -2.69. The molecule has 0 radical (unpaired) electrons. The fourth-order valence-electron chi connectivity index (χ4n) is 3.51. The van der Waals surface area contributed by atoms with E-state index < -0.39 is 5.91 Å². The van der Waals surface area contributed by atoms with E-state index in [9.17, 15) is 14.0 Å². The van der Waals surface area contributed by atoms with Gasteiger partial charge in [0.05, 0.1) is 0 Å². The highest BCUT2D eigenvalue weighted by Crippen LogP contribution is 2.22. The molecule has 1 atom stereocenters. The van der Waals surface area contributed by atoms with Crippen LogP contribution in [-0.2, 0) is 17.6 Å². The second-order valence-corrected chi connectivity index (χ2v) is 6.89. The fraction of sp³-hybridized carbons (Fsp3) is 0.333. The van der Waals surface area contributed by atoms with Gasteiger partial charge >= 0.3 is 0 Å². The van der Waals surface area contributed by atoms with E-state index in [1.54, 1.807) is 12.1 Å². The Morgan fingerprint density at radius 3 is 2.65 bits per heavy atom. The third-order valence-corrected chi connectivity index (χ3v) is 4.89. The lowest BCUT2D eigenvalue weighted by molar-refractivity contribution is -0.130. The first-order chi connectivity index (χ1) is 12.5. The number of halogens is 1. The highest BCUT2D eigenvalue weighted by atomic mass is 19.1. The van der Waals surface area contributed by atoms with Crippen LogP contribution in [-0.4, -0.2) is 29.8 Å². The van der Waals surface area contributed by atoms with Gasteiger partial charge in [-0.05, 0) is 60.6 Å². The molecular formula is C21H23FN2O2. The number of primary amides is 1. The number of benzene rings is 2. The zero-order valence-corrected chi connectivity index (χ0v) is 14.7. The Morgan fingerprint density at radius 2 is 1.88 bits per heavy atom. The number of rotatable bonds is 6. The molecule has 1 fully saturated rings. The maximum Gasteiger partial charge on any atom is 0.248 e. The summed E-state index contributed by atoms with van der Waals surface area (Å²) in [5, 5.41) is 0.